The molecule has 0 amide bonds. The van der Waals surface area contributed by atoms with Crippen LogP contribution in [0.5, 0.6) is 0 Å². The third-order valence-corrected chi connectivity index (χ3v) is 3.68. The molecule has 1 aromatic heterocycles. The number of anilines is 2. The van der Waals surface area contributed by atoms with Crippen LogP contribution in [0.15, 0.2) is 30.3 Å². The van der Waals surface area contributed by atoms with E-state index in [9.17, 15) is 4.79 Å². The number of hydrogen-bond acceptors (Lipinski definition) is 3. The number of nitrogens with one attached hydrogen (secondary N) is 1. The highest BCUT2D eigenvalue weighted by atomic mass is 16.1. The Balaban J connectivity index is 2.39. The molecule has 3 heteroatoms. The van der Waals surface area contributed by atoms with Gasteiger partial charge in [-0.3, -0.25) is 4.79 Å². The van der Waals surface area contributed by atoms with E-state index >= 15 is 0 Å². The highest BCUT2D eigenvalue weighted by Crippen LogP contribution is 2.24. The fraction of sp³-hybridized carbons (Fsp3) is 0.333. The highest BCUT2D eigenvalue weighted by molar-refractivity contribution is 5.95. The van der Waals surface area contributed by atoms with E-state index in [0.29, 0.717) is 12.1 Å². The fourth-order valence-corrected chi connectivity index (χ4v) is 2.39. The van der Waals surface area contributed by atoms with Crippen LogP contribution in [0.4, 0.5) is 11.5 Å². The van der Waals surface area contributed by atoms with E-state index in [1.165, 1.54) is 11.1 Å². The van der Waals surface area contributed by atoms with Gasteiger partial charge in [0.2, 0.25) is 0 Å². The second kappa shape index (κ2) is 6.53. The van der Waals surface area contributed by atoms with Crippen molar-refractivity contribution in [2.75, 3.05) is 5.32 Å². The first-order chi connectivity index (χ1) is 10.1. The summed E-state index contributed by atoms with van der Waals surface area (Å²) < 4.78 is 0. The minimum atomic E-state index is 0.0944. The Kier molecular flexibility index (Phi) is 4.73. The quantitative estimate of drug-likeness (QED) is 0.815. The van der Waals surface area contributed by atoms with Crippen LogP contribution in [0, 0.1) is 13.8 Å². The van der Waals surface area contributed by atoms with Crippen LogP contribution in [0.2, 0.25) is 0 Å². The lowest BCUT2D eigenvalue weighted by Crippen LogP contribution is -2.08. The third kappa shape index (κ3) is 3.30. The molecule has 110 valence electrons. The Hall–Kier alpha value is -2.16. The average Bonchev–Trinajstić information content (AvgIpc) is 2.50. The monoisotopic (exact) mass is 282 g/mol. The molecule has 0 unspecified atom stereocenters. The summed E-state index contributed by atoms with van der Waals surface area (Å²) in [7, 11) is 0. The minimum absolute atomic E-state index is 0.0944. The van der Waals surface area contributed by atoms with Crippen molar-refractivity contribution in [1.29, 1.82) is 0 Å². The molecule has 1 N–H and O–H groups in total. The molecule has 0 saturated heterocycles. The number of pyridine rings is 1. The molecular formula is C18H22N2O. The second-order valence-corrected chi connectivity index (χ2v) is 5.23. The van der Waals surface area contributed by atoms with Gasteiger partial charge in [0.15, 0.2) is 5.78 Å². The number of benzene rings is 1. The Morgan fingerprint density at radius 3 is 2.33 bits per heavy atom. The molecular weight excluding hydrogens is 260 g/mol. The molecule has 0 bridgehead atoms. The molecule has 0 saturated carbocycles. The normalized spacial score (nSPS) is 10.5. The largest absolute Gasteiger partial charge is 0.340 e. The maximum absolute atomic E-state index is 12.0. The maximum Gasteiger partial charge on any atom is 0.181 e. The predicted molar refractivity (Wildman–Crippen MR) is 87.4 cm³/mol. The number of ketones is 1. The zero-order valence-corrected chi connectivity index (χ0v) is 13.2. The van der Waals surface area contributed by atoms with Crippen molar-refractivity contribution in [3.63, 3.8) is 0 Å². The van der Waals surface area contributed by atoms with Gasteiger partial charge < -0.3 is 5.32 Å². The van der Waals surface area contributed by atoms with Crippen LogP contribution in [-0.2, 0) is 6.42 Å². The summed E-state index contributed by atoms with van der Waals surface area (Å²) in [6, 6.07) is 10.1. The first-order valence-electron chi connectivity index (χ1n) is 7.43. The van der Waals surface area contributed by atoms with Gasteiger partial charge in [-0.2, -0.15) is 0 Å². The lowest BCUT2D eigenvalue weighted by atomic mass is 10.1. The molecule has 0 aliphatic rings. The minimum Gasteiger partial charge on any atom is -0.340 e. The first kappa shape index (κ1) is 15.2. The van der Waals surface area contributed by atoms with Gasteiger partial charge in [-0.25, -0.2) is 4.98 Å². The highest BCUT2D eigenvalue weighted by Gasteiger charge is 2.12. The number of rotatable bonds is 5. The summed E-state index contributed by atoms with van der Waals surface area (Å²) in [6.45, 7) is 8.04. The summed E-state index contributed by atoms with van der Waals surface area (Å²) in [6.07, 6.45) is 1.30. The molecule has 0 fully saturated rings. The van der Waals surface area contributed by atoms with Gasteiger partial charge >= 0.3 is 0 Å². The zero-order valence-electron chi connectivity index (χ0n) is 13.2. The van der Waals surface area contributed by atoms with E-state index in [0.717, 1.165) is 23.5 Å². The van der Waals surface area contributed by atoms with Gasteiger partial charge in [0.25, 0.3) is 0 Å². The summed E-state index contributed by atoms with van der Waals surface area (Å²) in [5.41, 5.74) is 4.99. The number of hydrogen-bond donors (Lipinski definition) is 1. The Labute approximate surface area is 126 Å². The van der Waals surface area contributed by atoms with Gasteiger partial charge in [-0.15, -0.1) is 0 Å². The van der Waals surface area contributed by atoms with Crippen LogP contribution in [0.1, 0.15) is 47.4 Å². The van der Waals surface area contributed by atoms with Gasteiger partial charge in [-0.05, 0) is 43.0 Å². The number of Topliss-reactive ketones (excluding diaryl/α,β-unsaturated/α-hetero) is 1. The fourth-order valence-electron chi connectivity index (χ4n) is 2.39. The Morgan fingerprint density at radius 1 is 1.10 bits per heavy atom. The van der Waals surface area contributed by atoms with Crippen LogP contribution in [-0.4, -0.2) is 10.8 Å². The molecule has 0 radical (unpaired) electrons. The number of aryl methyl sites for hydroxylation is 3. The van der Waals surface area contributed by atoms with E-state index in [-0.39, 0.29) is 5.78 Å². The molecule has 1 aromatic carbocycles. The van der Waals surface area contributed by atoms with Crippen LogP contribution >= 0.6 is 0 Å². The lowest BCUT2D eigenvalue weighted by Gasteiger charge is -2.14. The molecule has 2 aromatic rings. The van der Waals surface area contributed by atoms with Crippen molar-refractivity contribution < 1.29 is 4.79 Å². The van der Waals surface area contributed by atoms with Crippen molar-refractivity contribution in [3.8, 4) is 0 Å². The van der Waals surface area contributed by atoms with E-state index in [1.807, 2.05) is 32.0 Å². The number of nitrogens with zero attached hydrogens (tertiary/aromatic N) is 1. The van der Waals surface area contributed by atoms with Crippen molar-refractivity contribution in [1.82, 2.24) is 4.98 Å². The second-order valence-electron chi connectivity index (χ2n) is 5.23. The lowest BCUT2D eigenvalue weighted by molar-refractivity contribution is 0.0982. The molecule has 0 atom stereocenters. The van der Waals surface area contributed by atoms with Crippen LogP contribution in [0.3, 0.4) is 0 Å². The average molecular weight is 282 g/mol. The van der Waals surface area contributed by atoms with Crippen LogP contribution in [0.25, 0.3) is 0 Å². The van der Waals surface area contributed by atoms with Gasteiger partial charge in [0, 0.05) is 12.1 Å². The smallest absolute Gasteiger partial charge is 0.181 e. The molecule has 2 rings (SSSR count). The number of para-hydroxylation sites is 1. The summed E-state index contributed by atoms with van der Waals surface area (Å²) in [5, 5.41) is 3.35. The number of carbonyl (C=O) groups excluding carboxylic acids is 1. The van der Waals surface area contributed by atoms with Gasteiger partial charge in [0.1, 0.15) is 11.5 Å². The maximum atomic E-state index is 12.0. The molecule has 0 spiro atoms. The summed E-state index contributed by atoms with van der Waals surface area (Å²) in [4.78, 5) is 16.6. The molecule has 0 aliphatic heterocycles. The van der Waals surface area contributed by atoms with Crippen molar-refractivity contribution in [3.05, 3.63) is 52.7 Å². The topological polar surface area (TPSA) is 42.0 Å². The Morgan fingerprint density at radius 2 is 1.76 bits per heavy atom. The van der Waals surface area contributed by atoms with Crippen LogP contribution < -0.4 is 5.32 Å². The van der Waals surface area contributed by atoms with Gasteiger partial charge in [0.05, 0.1) is 0 Å². The van der Waals surface area contributed by atoms with E-state index in [2.05, 4.69) is 36.3 Å². The van der Waals surface area contributed by atoms with E-state index in [1.54, 1.807) is 0 Å². The standard InChI is InChI=1S/C18H22N2O/c1-5-14-10-11-16(20-18(14)15(21)6-2)19-17-12(3)8-7-9-13(17)4/h7-11H,5-6H2,1-4H3,(H,19,20). The number of carbonyl (C=O) groups is 1. The van der Waals surface area contributed by atoms with Crippen molar-refractivity contribution >= 4 is 17.3 Å². The molecule has 0 aliphatic carbocycles. The van der Waals surface area contributed by atoms with Gasteiger partial charge in [-0.1, -0.05) is 38.1 Å². The third-order valence-electron chi connectivity index (χ3n) is 3.68. The SMILES string of the molecule is CCC(=O)c1nc(Nc2c(C)cccc2C)ccc1CC. The van der Waals surface area contributed by atoms with Crippen molar-refractivity contribution in [2.24, 2.45) is 0 Å². The van der Waals surface area contributed by atoms with E-state index < -0.39 is 0 Å². The zero-order chi connectivity index (χ0) is 15.4. The summed E-state index contributed by atoms with van der Waals surface area (Å²) >= 11 is 0. The summed E-state index contributed by atoms with van der Waals surface area (Å²) in [5.74, 6) is 0.818. The number of aromatic nitrogens is 1. The first-order valence-corrected chi connectivity index (χ1v) is 7.43. The predicted octanol–water partition coefficient (Wildman–Crippen LogP) is 4.60. The van der Waals surface area contributed by atoms with Crippen molar-refractivity contribution in [2.45, 2.75) is 40.5 Å². The molecule has 21 heavy (non-hydrogen) atoms. The Bertz CT molecular complexity index is 642. The molecule has 3 nitrogen and oxygen atoms in total. The van der Waals surface area contributed by atoms with E-state index in [4.69, 9.17) is 0 Å². The molecule has 1 heterocycles.